The lowest BCUT2D eigenvalue weighted by molar-refractivity contribution is 0.900. The second-order valence-corrected chi connectivity index (χ2v) is 7.56. The molecular weight excluding hydrogens is 370 g/mol. The van der Waals surface area contributed by atoms with Crippen molar-refractivity contribution in [3.05, 3.63) is 77.5 Å². The van der Waals surface area contributed by atoms with Crippen LogP contribution in [0.1, 0.15) is 37.5 Å². The molecule has 0 fully saturated rings. The van der Waals surface area contributed by atoms with Crippen LogP contribution in [0.4, 0.5) is 11.6 Å². The van der Waals surface area contributed by atoms with Gasteiger partial charge in [0.15, 0.2) is 5.82 Å². The number of fused-ring (bicyclic) bond motifs is 1. The molecule has 0 atom stereocenters. The maximum Gasteiger partial charge on any atom is 0.230 e. The van der Waals surface area contributed by atoms with Gasteiger partial charge in [0.1, 0.15) is 0 Å². The predicted octanol–water partition coefficient (Wildman–Crippen LogP) is 5.52. The van der Waals surface area contributed by atoms with E-state index in [-0.39, 0.29) is 0 Å². The van der Waals surface area contributed by atoms with Gasteiger partial charge in [-0.2, -0.15) is 9.67 Å². The molecule has 5 heteroatoms. The van der Waals surface area contributed by atoms with Crippen molar-refractivity contribution < 1.29 is 0 Å². The molecule has 154 valence electrons. The molecule has 1 aromatic heterocycles. The molecule has 0 amide bonds. The summed E-state index contributed by atoms with van der Waals surface area (Å²) in [6, 6.07) is 15.1. The average Bonchev–Trinajstić information content (AvgIpc) is 3.22. The largest absolute Gasteiger partial charge is 0.379 e. The highest BCUT2D eigenvalue weighted by molar-refractivity contribution is 5.69. The van der Waals surface area contributed by atoms with Gasteiger partial charge in [0, 0.05) is 16.9 Å². The Morgan fingerprint density at radius 3 is 2.40 bits per heavy atom. The molecule has 0 aliphatic carbocycles. The van der Waals surface area contributed by atoms with E-state index in [4.69, 9.17) is 4.98 Å². The maximum atomic E-state index is 4.70. The van der Waals surface area contributed by atoms with E-state index in [0.29, 0.717) is 18.3 Å². The van der Waals surface area contributed by atoms with Crippen LogP contribution in [0.15, 0.2) is 60.8 Å². The number of nitrogens with zero attached hydrogens (tertiary/aromatic N) is 3. The molecule has 4 rings (SSSR count). The van der Waals surface area contributed by atoms with Crippen molar-refractivity contribution in [2.75, 3.05) is 17.2 Å². The van der Waals surface area contributed by atoms with Crippen molar-refractivity contribution in [2.24, 2.45) is 0 Å². The van der Waals surface area contributed by atoms with Crippen LogP contribution in [0.3, 0.4) is 0 Å². The first-order valence-electron chi connectivity index (χ1n) is 10.7. The third-order valence-electron chi connectivity index (χ3n) is 5.54. The van der Waals surface area contributed by atoms with Crippen LogP contribution in [0.25, 0.3) is 17.1 Å². The Morgan fingerprint density at radius 1 is 0.967 bits per heavy atom. The van der Waals surface area contributed by atoms with Gasteiger partial charge < -0.3 is 10.6 Å². The number of aromatic nitrogens is 3. The van der Waals surface area contributed by atoms with Crippen LogP contribution in [0.5, 0.6) is 0 Å². The quantitative estimate of drug-likeness (QED) is 0.549. The third-order valence-corrected chi connectivity index (χ3v) is 5.54. The number of rotatable bonds is 7. The minimum absolute atomic E-state index is 0.672. The minimum atomic E-state index is 0.672. The summed E-state index contributed by atoms with van der Waals surface area (Å²) in [5.74, 6) is 1.40. The van der Waals surface area contributed by atoms with Gasteiger partial charge in [0.05, 0.1) is 12.2 Å². The fraction of sp³-hybridized carbons (Fsp3) is 0.280. The predicted molar refractivity (Wildman–Crippen MR) is 126 cm³/mol. The molecule has 0 radical (unpaired) electrons. The van der Waals surface area contributed by atoms with Crippen molar-refractivity contribution in [3.63, 3.8) is 0 Å². The van der Waals surface area contributed by atoms with Crippen LogP contribution in [0, 0.1) is 0 Å². The van der Waals surface area contributed by atoms with E-state index < -0.39 is 0 Å². The first kappa shape index (κ1) is 20.0. The summed E-state index contributed by atoms with van der Waals surface area (Å²) in [6.45, 7) is 11.4. The Kier molecular flexibility index (Phi) is 5.70. The smallest absolute Gasteiger partial charge is 0.230 e. The average molecular weight is 400 g/mol. The molecular formula is C25H29N5. The van der Waals surface area contributed by atoms with Crippen LogP contribution >= 0.6 is 0 Å². The summed E-state index contributed by atoms with van der Waals surface area (Å²) < 4.78 is 1.76. The van der Waals surface area contributed by atoms with Gasteiger partial charge >= 0.3 is 0 Å². The second kappa shape index (κ2) is 8.57. The lowest BCUT2D eigenvalue weighted by Crippen LogP contribution is -2.19. The first-order chi connectivity index (χ1) is 14.6. The third kappa shape index (κ3) is 4.01. The molecule has 0 saturated carbocycles. The van der Waals surface area contributed by atoms with Gasteiger partial charge in [0.2, 0.25) is 5.95 Å². The highest BCUT2D eigenvalue weighted by Gasteiger charge is 2.18. The van der Waals surface area contributed by atoms with Crippen molar-refractivity contribution in [1.29, 1.82) is 0 Å². The molecule has 2 aromatic carbocycles. The van der Waals surface area contributed by atoms with Crippen molar-refractivity contribution >= 4 is 17.3 Å². The Bertz CT molecular complexity index is 1090. The van der Waals surface area contributed by atoms with Gasteiger partial charge in [-0.1, -0.05) is 63.7 Å². The molecule has 30 heavy (non-hydrogen) atoms. The molecule has 3 aromatic rings. The molecule has 0 bridgehead atoms. The summed E-state index contributed by atoms with van der Waals surface area (Å²) in [5.41, 5.74) is 8.02. The fourth-order valence-electron chi connectivity index (χ4n) is 3.66. The van der Waals surface area contributed by atoms with E-state index in [1.54, 1.807) is 4.68 Å². The van der Waals surface area contributed by atoms with Gasteiger partial charge in [-0.15, -0.1) is 5.10 Å². The zero-order chi connectivity index (χ0) is 21.1. The van der Waals surface area contributed by atoms with E-state index >= 15 is 0 Å². The molecule has 0 spiro atoms. The zero-order valence-corrected chi connectivity index (χ0v) is 18.0. The zero-order valence-electron chi connectivity index (χ0n) is 18.0. The Morgan fingerprint density at radius 2 is 1.70 bits per heavy atom. The standard InChI is InChI=1S/C25H29N5/c1-5-18-8-11-21(12-9-18)24-28-25-27-22(14-17(4)30(25)29-24)16-26-23-13-10-19(6-2)15-20(23)7-3/h8-15,26H,4-7,16H2,1-3H3,(H,27,28,29). The Balaban J connectivity index is 1.49. The molecule has 0 saturated heterocycles. The topological polar surface area (TPSA) is 54.8 Å². The van der Waals surface area contributed by atoms with E-state index in [0.717, 1.165) is 36.2 Å². The number of benzene rings is 2. The van der Waals surface area contributed by atoms with E-state index in [1.165, 1.54) is 22.4 Å². The number of hydrogen-bond donors (Lipinski definition) is 2. The lowest BCUT2D eigenvalue weighted by Gasteiger charge is -2.19. The van der Waals surface area contributed by atoms with Gasteiger partial charge in [0.25, 0.3) is 0 Å². The fourth-order valence-corrected chi connectivity index (χ4v) is 3.66. The van der Waals surface area contributed by atoms with Gasteiger partial charge in [-0.3, -0.25) is 0 Å². The van der Waals surface area contributed by atoms with Gasteiger partial charge in [-0.05, 0) is 48.1 Å². The molecule has 0 unspecified atom stereocenters. The molecule has 2 N–H and O–H groups in total. The molecule has 5 nitrogen and oxygen atoms in total. The van der Waals surface area contributed by atoms with Crippen molar-refractivity contribution in [1.82, 2.24) is 14.8 Å². The van der Waals surface area contributed by atoms with Crippen molar-refractivity contribution in [3.8, 4) is 11.4 Å². The molecule has 2 heterocycles. The summed E-state index contributed by atoms with van der Waals surface area (Å²) in [7, 11) is 0. The Labute approximate surface area is 178 Å². The summed E-state index contributed by atoms with van der Waals surface area (Å²) >= 11 is 0. The van der Waals surface area contributed by atoms with Crippen LogP contribution in [-0.2, 0) is 19.3 Å². The summed E-state index contributed by atoms with van der Waals surface area (Å²) in [5, 5.41) is 11.6. The SMILES string of the molecule is C=C1C=C(CNc2ccc(CC)cc2CC)Nc2nc(-c3ccc(CC)cc3)nn21. The maximum absolute atomic E-state index is 4.70. The van der Waals surface area contributed by atoms with E-state index in [9.17, 15) is 0 Å². The summed E-state index contributed by atoms with van der Waals surface area (Å²) in [4.78, 5) is 4.70. The lowest BCUT2D eigenvalue weighted by atomic mass is 10.0. The van der Waals surface area contributed by atoms with Crippen LogP contribution in [-0.4, -0.2) is 21.3 Å². The normalized spacial score (nSPS) is 12.9. The Hall–Kier alpha value is -3.34. The first-order valence-corrected chi connectivity index (χ1v) is 10.7. The van der Waals surface area contributed by atoms with E-state index in [2.05, 4.69) is 85.5 Å². The number of aryl methyl sites for hydroxylation is 3. The number of hydrogen-bond acceptors (Lipinski definition) is 4. The van der Waals surface area contributed by atoms with Crippen LogP contribution < -0.4 is 10.6 Å². The summed E-state index contributed by atoms with van der Waals surface area (Å²) in [6.07, 6.45) is 5.10. The number of allylic oxidation sites excluding steroid dienone is 2. The van der Waals surface area contributed by atoms with Crippen LogP contribution in [0.2, 0.25) is 0 Å². The van der Waals surface area contributed by atoms with Crippen molar-refractivity contribution in [2.45, 2.75) is 40.0 Å². The molecule has 1 aliphatic heterocycles. The molecule has 1 aliphatic rings. The van der Waals surface area contributed by atoms with Gasteiger partial charge in [-0.25, -0.2) is 0 Å². The number of nitrogens with one attached hydrogen (secondary N) is 2. The van der Waals surface area contributed by atoms with E-state index in [1.807, 2.05) is 6.08 Å². The second-order valence-electron chi connectivity index (χ2n) is 7.56. The highest BCUT2D eigenvalue weighted by Crippen LogP contribution is 2.26. The minimum Gasteiger partial charge on any atom is -0.379 e. The number of anilines is 2. The monoisotopic (exact) mass is 399 g/mol. The highest BCUT2D eigenvalue weighted by atomic mass is 15.4.